The Morgan fingerprint density at radius 1 is 0.837 bits per heavy atom. The maximum atomic E-state index is 11.6. The van der Waals surface area contributed by atoms with E-state index in [0.29, 0.717) is 47.9 Å². The quantitative estimate of drug-likeness (QED) is 0.0475. The lowest BCUT2D eigenvalue weighted by atomic mass is 10.0. The fourth-order valence-corrected chi connectivity index (χ4v) is 4.65. The molecule has 5 rings (SSSR count). The molecule has 0 unspecified atom stereocenters. The zero-order valence-corrected chi connectivity index (χ0v) is 27.3. The Morgan fingerprint density at radius 3 is 1.80 bits per heavy atom. The van der Waals surface area contributed by atoms with Crippen LogP contribution in [0.4, 0.5) is 23.3 Å². The number of aromatic nitrogens is 3. The minimum atomic E-state index is -0.333. The third kappa shape index (κ3) is 10.7. The number of nitrogens with one attached hydrogen (secondary N) is 2. The standard InChI is InChI=1S/C17H19N5O2.C16H16N2O3.CH5N3/c1-2-24-16(23)11-6-3-10(4-7-11)5-8-12-9-20-15-13(12)14(18)21-17(19)22-15;1-3-20-16(19)12-7-4-11(5-8-12)6-9-13-10-21-15(17)14(13)18-2;2-1(3)4/h3-4,6-7,9H,2,5,8H2,1H3,(H5,18,19,20,21,22);4-5,7-8,10H,3,6,9,17H2,1H3;(H5,2,3,4). The van der Waals surface area contributed by atoms with Crippen LogP contribution in [0.5, 0.6) is 0 Å². The number of aromatic amines is 1. The average Bonchev–Trinajstić information content (AvgIpc) is 3.65. The zero-order chi connectivity index (χ0) is 35.9. The summed E-state index contributed by atoms with van der Waals surface area (Å²) >= 11 is 0. The average molecular weight is 669 g/mol. The topological polar surface area (TPSA) is 266 Å². The van der Waals surface area contributed by atoms with E-state index in [-0.39, 0.29) is 29.7 Å². The van der Waals surface area contributed by atoms with Crippen molar-refractivity contribution < 1.29 is 23.5 Å². The van der Waals surface area contributed by atoms with Gasteiger partial charge >= 0.3 is 11.9 Å². The van der Waals surface area contributed by atoms with E-state index in [2.05, 4.69) is 31.3 Å². The summed E-state index contributed by atoms with van der Waals surface area (Å²) in [6.45, 7) is 11.4. The molecule has 0 radical (unpaired) electrons. The Bertz CT molecular complexity index is 1900. The van der Waals surface area contributed by atoms with Gasteiger partial charge in [-0.2, -0.15) is 9.97 Å². The molecule has 0 saturated heterocycles. The van der Waals surface area contributed by atoms with Gasteiger partial charge in [-0.05, 0) is 86.1 Å². The van der Waals surface area contributed by atoms with Gasteiger partial charge in [-0.15, -0.1) is 0 Å². The van der Waals surface area contributed by atoms with Gasteiger partial charge in [-0.25, -0.2) is 14.4 Å². The molecule has 0 aliphatic carbocycles. The number of hydrogen-bond donors (Lipinski definition) is 7. The summed E-state index contributed by atoms with van der Waals surface area (Å²) in [4.78, 5) is 37.8. The highest BCUT2D eigenvalue weighted by Gasteiger charge is 2.13. The second kappa shape index (κ2) is 18.0. The number of hydrogen-bond acceptors (Lipinski definition) is 11. The predicted octanol–water partition coefficient (Wildman–Crippen LogP) is 4.30. The molecule has 0 spiro atoms. The molecule has 0 bridgehead atoms. The maximum Gasteiger partial charge on any atom is 0.338 e. The van der Waals surface area contributed by atoms with Crippen LogP contribution < -0.4 is 28.7 Å². The molecule has 49 heavy (non-hydrogen) atoms. The lowest BCUT2D eigenvalue weighted by Gasteiger charge is -2.05. The van der Waals surface area contributed by atoms with Crippen molar-refractivity contribution in [1.29, 1.82) is 5.41 Å². The van der Waals surface area contributed by atoms with Gasteiger partial charge in [-0.1, -0.05) is 24.3 Å². The highest BCUT2D eigenvalue weighted by Crippen LogP contribution is 2.30. The minimum absolute atomic E-state index is 0.156. The number of guanidine groups is 1. The number of carbonyl (C=O) groups excluding carboxylic acids is 2. The Hall–Kier alpha value is -6.56. The van der Waals surface area contributed by atoms with Gasteiger partial charge in [0, 0.05) is 6.20 Å². The zero-order valence-electron chi connectivity index (χ0n) is 27.3. The molecule has 0 aliphatic heterocycles. The molecule has 3 aromatic heterocycles. The van der Waals surface area contributed by atoms with Crippen molar-refractivity contribution in [2.75, 3.05) is 30.4 Å². The number of nitrogens with zero attached hydrogens (tertiary/aromatic N) is 3. The lowest BCUT2D eigenvalue weighted by Crippen LogP contribution is -2.20. The van der Waals surface area contributed by atoms with Crippen LogP contribution in [-0.4, -0.2) is 46.1 Å². The Balaban J connectivity index is 0.000000241. The smallest absolute Gasteiger partial charge is 0.338 e. The number of fused-ring (bicyclic) bond motifs is 1. The summed E-state index contributed by atoms with van der Waals surface area (Å²) in [6.07, 6.45) is 6.38. The van der Waals surface area contributed by atoms with Crippen LogP contribution in [0.3, 0.4) is 0 Å². The molecule has 256 valence electrons. The van der Waals surface area contributed by atoms with Gasteiger partial charge in [0.2, 0.25) is 5.95 Å². The van der Waals surface area contributed by atoms with Crippen LogP contribution in [0.25, 0.3) is 15.9 Å². The first-order valence-electron chi connectivity index (χ1n) is 15.2. The molecule has 0 amide bonds. The number of esters is 2. The van der Waals surface area contributed by atoms with Crippen molar-refractivity contribution in [2.45, 2.75) is 39.5 Å². The van der Waals surface area contributed by atoms with E-state index >= 15 is 0 Å². The first-order valence-corrected chi connectivity index (χ1v) is 15.2. The number of anilines is 3. The minimum Gasteiger partial charge on any atom is -0.462 e. The van der Waals surface area contributed by atoms with Gasteiger partial charge < -0.3 is 47.5 Å². The molecule has 0 aliphatic rings. The molecule has 0 fully saturated rings. The number of nitrogen functional groups attached to an aromatic ring is 3. The summed E-state index contributed by atoms with van der Waals surface area (Å²) in [5.74, 6) is -0.253. The Kier molecular flexibility index (Phi) is 13.5. The van der Waals surface area contributed by atoms with Gasteiger partial charge in [0.15, 0.2) is 11.8 Å². The first kappa shape index (κ1) is 36.9. The van der Waals surface area contributed by atoms with Crippen molar-refractivity contribution in [3.05, 3.63) is 106 Å². The second-order valence-electron chi connectivity index (χ2n) is 10.4. The number of carbonyl (C=O) groups is 2. The Labute approximate surface area is 283 Å². The molecule has 3 heterocycles. The van der Waals surface area contributed by atoms with Crippen molar-refractivity contribution >= 4 is 52.3 Å². The lowest BCUT2D eigenvalue weighted by molar-refractivity contribution is 0.0516. The van der Waals surface area contributed by atoms with Crippen LogP contribution in [0.15, 0.2) is 65.4 Å². The normalized spacial score (nSPS) is 10.1. The van der Waals surface area contributed by atoms with Crippen LogP contribution in [0.1, 0.15) is 56.8 Å². The Morgan fingerprint density at radius 2 is 1.33 bits per heavy atom. The van der Waals surface area contributed by atoms with E-state index in [1.807, 2.05) is 30.5 Å². The van der Waals surface area contributed by atoms with Crippen LogP contribution in [-0.2, 0) is 35.2 Å². The molecule has 2 aromatic carbocycles. The monoisotopic (exact) mass is 668 g/mol. The highest BCUT2D eigenvalue weighted by molar-refractivity contribution is 5.91. The third-order valence-corrected chi connectivity index (χ3v) is 6.93. The van der Waals surface area contributed by atoms with Crippen molar-refractivity contribution in [3.63, 3.8) is 0 Å². The second-order valence-corrected chi connectivity index (χ2v) is 10.4. The summed E-state index contributed by atoms with van der Waals surface area (Å²) in [6, 6.07) is 14.7. The van der Waals surface area contributed by atoms with Crippen LogP contribution in [0, 0.1) is 12.0 Å². The third-order valence-electron chi connectivity index (χ3n) is 6.93. The summed E-state index contributed by atoms with van der Waals surface area (Å²) in [5, 5.41) is 6.87. The van der Waals surface area contributed by atoms with Crippen molar-refractivity contribution in [1.82, 2.24) is 15.0 Å². The SMILES string of the molecule is CCOC(=O)c1ccc(CCc2c[nH]c3nc(N)nc(N)c23)cc1.N=C(N)N.[C-]#[N+]c1c(CCc2ccc(C(=O)OCC)cc2)coc1N. The molecular weight excluding hydrogens is 628 g/mol. The fourth-order valence-electron chi connectivity index (χ4n) is 4.65. The van der Waals surface area contributed by atoms with E-state index in [4.69, 9.17) is 43.1 Å². The van der Waals surface area contributed by atoms with E-state index in [0.717, 1.165) is 46.9 Å². The first-order chi connectivity index (χ1) is 23.5. The van der Waals surface area contributed by atoms with E-state index < -0.39 is 0 Å². The number of furan rings is 1. The molecule has 15 heteroatoms. The van der Waals surface area contributed by atoms with E-state index in [1.54, 1.807) is 38.1 Å². The molecule has 0 atom stereocenters. The van der Waals surface area contributed by atoms with Crippen molar-refractivity contribution in [2.24, 2.45) is 11.5 Å². The number of rotatable bonds is 10. The summed E-state index contributed by atoms with van der Waals surface area (Å²) in [7, 11) is 0. The number of ether oxygens (including phenoxy) is 2. The van der Waals surface area contributed by atoms with E-state index in [1.165, 1.54) is 6.26 Å². The van der Waals surface area contributed by atoms with Crippen molar-refractivity contribution in [3.8, 4) is 0 Å². The maximum absolute atomic E-state index is 11.6. The van der Waals surface area contributed by atoms with Crippen LogP contribution >= 0.6 is 0 Å². The van der Waals surface area contributed by atoms with Crippen LogP contribution in [0.2, 0.25) is 0 Å². The fraction of sp³-hybridized carbons (Fsp3) is 0.235. The number of H-pyrrole nitrogens is 1. The summed E-state index contributed by atoms with van der Waals surface area (Å²) < 4.78 is 15.0. The number of nitrogens with two attached hydrogens (primary N) is 5. The van der Waals surface area contributed by atoms with E-state index in [9.17, 15) is 9.59 Å². The largest absolute Gasteiger partial charge is 0.462 e. The molecule has 5 aromatic rings. The van der Waals surface area contributed by atoms with Gasteiger partial charge in [0.05, 0.1) is 42.6 Å². The molecular formula is C34H40N10O5. The summed E-state index contributed by atoms with van der Waals surface area (Å²) in [5.41, 5.74) is 32.2. The van der Waals surface area contributed by atoms with Gasteiger partial charge in [0.25, 0.3) is 5.69 Å². The molecule has 15 nitrogen and oxygen atoms in total. The molecule has 0 saturated carbocycles. The number of aryl methyl sites for hydroxylation is 4. The van der Waals surface area contributed by atoms with Gasteiger partial charge in [0.1, 0.15) is 11.5 Å². The molecule has 12 N–H and O–H groups in total. The number of benzene rings is 2. The predicted molar refractivity (Wildman–Crippen MR) is 188 cm³/mol. The highest BCUT2D eigenvalue weighted by atomic mass is 16.5. The van der Waals surface area contributed by atoms with Gasteiger partial charge in [-0.3, -0.25) is 5.41 Å².